The van der Waals surface area contributed by atoms with Gasteiger partial charge in [0.05, 0.1) is 0 Å². The van der Waals surface area contributed by atoms with Crippen molar-refractivity contribution in [3.8, 4) is 0 Å². The minimum atomic E-state index is -0.896. The van der Waals surface area contributed by atoms with Gasteiger partial charge in [-0.3, -0.25) is 9.59 Å². The molecule has 0 aromatic carbocycles. The average Bonchev–Trinajstić information content (AvgIpc) is 3.20. The Morgan fingerprint density at radius 2 is 0.455 bits per heavy atom. The van der Waals surface area contributed by atoms with Crippen molar-refractivity contribution in [1.82, 2.24) is 9.80 Å². The minimum Gasteiger partial charge on any atom is -0.342 e. The second-order valence-corrected chi connectivity index (χ2v) is 17.8. The molecule has 55 heavy (non-hydrogen) atoms. The van der Waals surface area contributed by atoms with Gasteiger partial charge >= 0.3 is 0 Å². The van der Waals surface area contributed by atoms with Gasteiger partial charge in [0.15, 0.2) is 0 Å². The summed E-state index contributed by atoms with van der Waals surface area (Å²) in [5.41, 5.74) is -0.896. The standard InChI is InChI=1S/C51H102N2O2/c1-7-13-19-23-27-31-35-39-45-52(46-40-36-32-28-24-20-14-8-2)49(54)51(43-17-11-5,44-18-12-6)50(55)53(47-41-37-33-29-25-21-15-9-3)48-42-38-34-30-26-22-16-10-4/h7-48H2,1-6H3. The number of nitrogens with zero attached hydrogens (tertiary/aromatic N) is 2. The molecule has 2 amide bonds. The Hall–Kier alpha value is -1.06. The fourth-order valence-corrected chi connectivity index (χ4v) is 8.58. The lowest BCUT2D eigenvalue weighted by molar-refractivity contribution is -0.158. The molecule has 0 rings (SSSR count). The van der Waals surface area contributed by atoms with Crippen LogP contribution in [0.2, 0.25) is 0 Å². The maximum absolute atomic E-state index is 15.3. The quantitative estimate of drug-likeness (QED) is 0.0457. The second-order valence-electron chi connectivity index (χ2n) is 17.8. The highest BCUT2D eigenvalue weighted by atomic mass is 16.2. The molecule has 0 spiro atoms. The summed E-state index contributed by atoms with van der Waals surface area (Å²) in [7, 11) is 0. The molecule has 0 heterocycles. The van der Waals surface area contributed by atoms with E-state index in [0.717, 1.165) is 90.4 Å². The van der Waals surface area contributed by atoms with Crippen LogP contribution in [0, 0.1) is 5.41 Å². The molecule has 4 heteroatoms. The summed E-state index contributed by atoms with van der Waals surface area (Å²) in [6, 6.07) is 0. The largest absolute Gasteiger partial charge is 0.342 e. The Morgan fingerprint density at radius 1 is 0.273 bits per heavy atom. The van der Waals surface area contributed by atoms with Gasteiger partial charge in [-0.25, -0.2) is 0 Å². The normalized spacial score (nSPS) is 11.7. The van der Waals surface area contributed by atoms with Gasteiger partial charge in [0.1, 0.15) is 5.41 Å². The molecule has 4 nitrogen and oxygen atoms in total. The van der Waals surface area contributed by atoms with E-state index in [1.165, 1.54) is 180 Å². The predicted octanol–water partition coefficient (Wildman–Crippen LogP) is 16.6. The summed E-state index contributed by atoms with van der Waals surface area (Å²) >= 11 is 0. The molecule has 0 atom stereocenters. The minimum absolute atomic E-state index is 0.196. The Morgan fingerprint density at radius 3 is 0.655 bits per heavy atom. The molecule has 328 valence electrons. The number of carbonyl (C=O) groups excluding carboxylic acids is 2. The lowest BCUT2D eigenvalue weighted by Crippen LogP contribution is -2.54. The van der Waals surface area contributed by atoms with E-state index < -0.39 is 5.41 Å². The number of hydrogen-bond acceptors (Lipinski definition) is 2. The van der Waals surface area contributed by atoms with E-state index in [2.05, 4.69) is 51.3 Å². The highest BCUT2D eigenvalue weighted by Gasteiger charge is 2.48. The molecule has 0 radical (unpaired) electrons. The van der Waals surface area contributed by atoms with Crippen molar-refractivity contribution in [1.29, 1.82) is 0 Å². The van der Waals surface area contributed by atoms with Gasteiger partial charge in [-0.1, -0.05) is 247 Å². The SMILES string of the molecule is CCCCCCCCCCN(CCCCCCCCCC)C(=O)C(CCCC)(CCCC)C(=O)N(CCCCCCCCCC)CCCCCCCCCC. The molecule has 0 aliphatic rings. The van der Waals surface area contributed by atoms with E-state index >= 15 is 9.59 Å². The average molecular weight is 775 g/mol. The summed E-state index contributed by atoms with van der Waals surface area (Å²) in [5.74, 6) is 0.393. The number of carbonyl (C=O) groups is 2. The molecule has 0 N–H and O–H groups in total. The van der Waals surface area contributed by atoms with Crippen LogP contribution in [0.25, 0.3) is 0 Å². The first-order valence-corrected chi connectivity index (χ1v) is 25.6. The topological polar surface area (TPSA) is 40.6 Å². The Labute approximate surface area is 347 Å². The zero-order chi connectivity index (χ0) is 40.5. The monoisotopic (exact) mass is 775 g/mol. The van der Waals surface area contributed by atoms with E-state index in [9.17, 15) is 0 Å². The van der Waals surface area contributed by atoms with Crippen molar-refractivity contribution >= 4 is 11.8 Å². The maximum atomic E-state index is 15.3. The van der Waals surface area contributed by atoms with Crippen LogP contribution in [0.15, 0.2) is 0 Å². The molecule has 0 aliphatic carbocycles. The van der Waals surface area contributed by atoms with E-state index in [-0.39, 0.29) is 11.8 Å². The molecule has 0 unspecified atom stereocenters. The molecular weight excluding hydrogens is 673 g/mol. The van der Waals surface area contributed by atoms with Crippen molar-refractivity contribution in [2.45, 2.75) is 286 Å². The van der Waals surface area contributed by atoms with Crippen molar-refractivity contribution < 1.29 is 9.59 Å². The summed E-state index contributed by atoms with van der Waals surface area (Å²) in [6.45, 7) is 16.9. The molecule has 0 saturated carbocycles. The third-order valence-corrected chi connectivity index (χ3v) is 12.4. The summed E-state index contributed by atoms with van der Waals surface area (Å²) in [6.07, 6.45) is 46.2. The summed E-state index contributed by atoms with van der Waals surface area (Å²) in [4.78, 5) is 35.0. The summed E-state index contributed by atoms with van der Waals surface area (Å²) < 4.78 is 0. The van der Waals surface area contributed by atoms with Crippen molar-refractivity contribution in [3.05, 3.63) is 0 Å². The third kappa shape index (κ3) is 28.9. The predicted molar refractivity (Wildman–Crippen MR) is 245 cm³/mol. The number of unbranched alkanes of at least 4 members (excludes halogenated alkanes) is 30. The molecular formula is C51H102N2O2. The van der Waals surface area contributed by atoms with Crippen molar-refractivity contribution in [3.63, 3.8) is 0 Å². The van der Waals surface area contributed by atoms with Crippen molar-refractivity contribution in [2.75, 3.05) is 26.2 Å². The lowest BCUT2D eigenvalue weighted by atomic mass is 9.75. The van der Waals surface area contributed by atoms with Gasteiger partial charge < -0.3 is 9.80 Å². The first kappa shape index (κ1) is 53.9. The van der Waals surface area contributed by atoms with E-state index in [1.54, 1.807) is 0 Å². The van der Waals surface area contributed by atoms with Crippen LogP contribution in [0.1, 0.15) is 286 Å². The van der Waals surface area contributed by atoms with Gasteiger partial charge in [-0.05, 0) is 38.5 Å². The van der Waals surface area contributed by atoms with Gasteiger partial charge in [-0.15, -0.1) is 0 Å². The van der Waals surface area contributed by atoms with E-state index in [0.29, 0.717) is 0 Å². The highest BCUT2D eigenvalue weighted by Crippen LogP contribution is 2.37. The smallest absolute Gasteiger partial charge is 0.238 e. The Balaban J connectivity index is 6.09. The van der Waals surface area contributed by atoms with Crippen LogP contribution in [0.4, 0.5) is 0 Å². The van der Waals surface area contributed by atoms with Crippen LogP contribution in [-0.2, 0) is 9.59 Å². The Kier molecular flexibility index (Phi) is 40.3. The third-order valence-electron chi connectivity index (χ3n) is 12.4. The number of hydrogen-bond donors (Lipinski definition) is 0. The lowest BCUT2D eigenvalue weighted by Gasteiger charge is -2.40. The van der Waals surface area contributed by atoms with Crippen LogP contribution in [0.5, 0.6) is 0 Å². The van der Waals surface area contributed by atoms with Crippen LogP contribution < -0.4 is 0 Å². The zero-order valence-electron chi connectivity index (χ0n) is 38.9. The van der Waals surface area contributed by atoms with Gasteiger partial charge in [0.2, 0.25) is 11.8 Å². The first-order valence-electron chi connectivity index (χ1n) is 25.6. The number of amides is 2. The molecule has 0 fully saturated rings. The van der Waals surface area contributed by atoms with E-state index in [4.69, 9.17) is 0 Å². The van der Waals surface area contributed by atoms with Gasteiger partial charge in [-0.2, -0.15) is 0 Å². The molecule has 0 saturated heterocycles. The highest BCUT2D eigenvalue weighted by molar-refractivity contribution is 6.05. The van der Waals surface area contributed by atoms with Crippen LogP contribution in [-0.4, -0.2) is 47.8 Å². The van der Waals surface area contributed by atoms with Crippen LogP contribution >= 0.6 is 0 Å². The molecule has 0 aromatic heterocycles. The Bertz CT molecular complexity index is 707. The van der Waals surface area contributed by atoms with E-state index in [1.807, 2.05) is 0 Å². The number of rotatable bonds is 44. The summed E-state index contributed by atoms with van der Waals surface area (Å²) in [5, 5.41) is 0. The molecule has 0 aliphatic heterocycles. The maximum Gasteiger partial charge on any atom is 0.238 e. The first-order chi connectivity index (χ1) is 27.0. The van der Waals surface area contributed by atoms with Gasteiger partial charge in [0.25, 0.3) is 0 Å². The van der Waals surface area contributed by atoms with Gasteiger partial charge in [0, 0.05) is 26.2 Å². The van der Waals surface area contributed by atoms with Crippen LogP contribution in [0.3, 0.4) is 0 Å². The molecule has 0 aromatic rings. The second kappa shape index (κ2) is 41.1. The molecule has 0 bridgehead atoms. The van der Waals surface area contributed by atoms with Crippen molar-refractivity contribution in [2.24, 2.45) is 5.41 Å². The zero-order valence-corrected chi connectivity index (χ0v) is 38.9. The fraction of sp³-hybridized carbons (Fsp3) is 0.961. The fourth-order valence-electron chi connectivity index (χ4n) is 8.58.